The van der Waals surface area contributed by atoms with E-state index < -0.39 is 0 Å². The monoisotopic (exact) mass is 235 g/mol. The Morgan fingerprint density at radius 2 is 2.06 bits per heavy atom. The molecule has 0 bridgehead atoms. The maximum atomic E-state index is 12.0. The van der Waals surface area contributed by atoms with Crippen LogP contribution in [0.2, 0.25) is 0 Å². The summed E-state index contributed by atoms with van der Waals surface area (Å²) in [5, 5.41) is 0. The van der Waals surface area contributed by atoms with E-state index >= 15 is 0 Å². The van der Waals surface area contributed by atoms with Crippen molar-refractivity contribution in [2.45, 2.75) is 18.9 Å². The molecule has 0 atom stereocenters. The van der Waals surface area contributed by atoms with Gasteiger partial charge < -0.3 is 14.4 Å². The average molecular weight is 235 g/mol. The fourth-order valence-electron chi connectivity index (χ4n) is 1.51. The second-order valence-corrected chi connectivity index (χ2v) is 4.38. The summed E-state index contributed by atoms with van der Waals surface area (Å²) in [4.78, 5) is 13.6. The van der Waals surface area contributed by atoms with Crippen molar-refractivity contribution >= 4 is 5.91 Å². The van der Waals surface area contributed by atoms with Crippen LogP contribution in [0.5, 0.6) is 11.5 Å². The van der Waals surface area contributed by atoms with Crippen molar-refractivity contribution in [3.8, 4) is 11.5 Å². The molecule has 4 nitrogen and oxygen atoms in total. The number of methoxy groups -OCH3 is 1. The number of benzene rings is 1. The maximum absolute atomic E-state index is 12.0. The van der Waals surface area contributed by atoms with Crippen LogP contribution in [0.1, 0.15) is 23.2 Å². The predicted molar refractivity (Wildman–Crippen MR) is 64.7 cm³/mol. The summed E-state index contributed by atoms with van der Waals surface area (Å²) in [5.41, 5.74) is 0.557. The zero-order valence-corrected chi connectivity index (χ0v) is 10.4. The van der Waals surface area contributed by atoms with Gasteiger partial charge in [0.1, 0.15) is 11.5 Å². The van der Waals surface area contributed by atoms with Gasteiger partial charge in [0.05, 0.1) is 18.8 Å². The first-order chi connectivity index (χ1) is 8.11. The van der Waals surface area contributed by atoms with Gasteiger partial charge in [-0.15, -0.1) is 0 Å². The highest BCUT2D eigenvalue weighted by molar-refractivity contribution is 5.97. The van der Waals surface area contributed by atoms with Crippen molar-refractivity contribution in [2.75, 3.05) is 21.2 Å². The molecule has 1 amide bonds. The van der Waals surface area contributed by atoms with Crippen LogP contribution >= 0.6 is 0 Å². The highest BCUT2D eigenvalue weighted by Crippen LogP contribution is 2.31. The first-order valence-electron chi connectivity index (χ1n) is 5.68. The SMILES string of the molecule is COc1ccc(OC2CC2)c(C(=O)N(C)C)c1. The summed E-state index contributed by atoms with van der Waals surface area (Å²) in [5.74, 6) is 1.24. The lowest BCUT2D eigenvalue weighted by atomic mass is 10.1. The van der Waals surface area contributed by atoms with Crippen LogP contribution in [0.25, 0.3) is 0 Å². The van der Waals surface area contributed by atoms with Crippen molar-refractivity contribution in [2.24, 2.45) is 0 Å². The number of nitrogens with zero attached hydrogens (tertiary/aromatic N) is 1. The number of amides is 1. The fraction of sp³-hybridized carbons (Fsp3) is 0.462. The van der Waals surface area contributed by atoms with Gasteiger partial charge in [0.2, 0.25) is 0 Å². The second-order valence-electron chi connectivity index (χ2n) is 4.38. The van der Waals surface area contributed by atoms with E-state index in [1.165, 1.54) is 4.90 Å². The smallest absolute Gasteiger partial charge is 0.257 e. The van der Waals surface area contributed by atoms with Gasteiger partial charge in [0.25, 0.3) is 5.91 Å². The van der Waals surface area contributed by atoms with Gasteiger partial charge in [0.15, 0.2) is 0 Å². The zero-order valence-electron chi connectivity index (χ0n) is 10.4. The third-order valence-electron chi connectivity index (χ3n) is 2.64. The molecule has 0 heterocycles. The molecule has 0 saturated heterocycles. The van der Waals surface area contributed by atoms with E-state index in [-0.39, 0.29) is 12.0 Å². The lowest BCUT2D eigenvalue weighted by Gasteiger charge is -2.15. The molecule has 1 aliphatic carbocycles. The first kappa shape index (κ1) is 11.8. The lowest BCUT2D eigenvalue weighted by Crippen LogP contribution is -2.22. The number of hydrogen-bond donors (Lipinski definition) is 0. The van der Waals surface area contributed by atoms with Gasteiger partial charge in [0, 0.05) is 14.1 Å². The van der Waals surface area contributed by atoms with Crippen LogP contribution < -0.4 is 9.47 Å². The summed E-state index contributed by atoms with van der Waals surface area (Å²) in [6.45, 7) is 0. The number of ether oxygens (including phenoxy) is 2. The Kier molecular flexibility index (Phi) is 3.22. The van der Waals surface area contributed by atoms with Gasteiger partial charge in [-0.3, -0.25) is 4.79 Å². The Bertz CT molecular complexity index is 425. The maximum Gasteiger partial charge on any atom is 0.257 e. The molecular weight excluding hydrogens is 218 g/mol. The van der Waals surface area contributed by atoms with Crippen molar-refractivity contribution in [1.29, 1.82) is 0 Å². The minimum Gasteiger partial charge on any atom is -0.497 e. The zero-order chi connectivity index (χ0) is 12.4. The number of rotatable bonds is 4. The van der Waals surface area contributed by atoms with Gasteiger partial charge in [-0.25, -0.2) is 0 Å². The van der Waals surface area contributed by atoms with Gasteiger partial charge in [-0.1, -0.05) is 0 Å². The first-order valence-corrected chi connectivity index (χ1v) is 5.68. The molecule has 0 aliphatic heterocycles. The lowest BCUT2D eigenvalue weighted by molar-refractivity contribution is 0.0822. The van der Waals surface area contributed by atoms with E-state index in [0.29, 0.717) is 17.1 Å². The van der Waals surface area contributed by atoms with Crippen molar-refractivity contribution in [3.63, 3.8) is 0 Å². The van der Waals surface area contributed by atoms with Crippen molar-refractivity contribution in [3.05, 3.63) is 23.8 Å². The van der Waals surface area contributed by atoms with Crippen LogP contribution in [0, 0.1) is 0 Å². The van der Waals surface area contributed by atoms with Crippen LogP contribution in [0.4, 0.5) is 0 Å². The average Bonchev–Trinajstić information content (AvgIpc) is 3.12. The van der Waals surface area contributed by atoms with Crippen LogP contribution in [-0.2, 0) is 0 Å². The van der Waals surface area contributed by atoms with E-state index in [9.17, 15) is 4.79 Å². The molecule has 0 radical (unpaired) electrons. The molecular formula is C13H17NO3. The molecule has 4 heteroatoms. The van der Waals surface area contributed by atoms with Crippen LogP contribution in [-0.4, -0.2) is 38.1 Å². The largest absolute Gasteiger partial charge is 0.497 e. The summed E-state index contributed by atoms with van der Waals surface area (Å²) in [6.07, 6.45) is 2.42. The molecule has 2 rings (SSSR count). The molecule has 17 heavy (non-hydrogen) atoms. The number of carbonyl (C=O) groups excluding carboxylic acids is 1. The second kappa shape index (κ2) is 4.65. The molecule has 0 spiro atoms. The standard InChI is InChI=1S/C13H17NO3/c1-14(2)13(15)11-8-10(16-3)6-7-12(11)17-9-4-5-9/h6-9H,4-5H2,1-3H3. The Labute approximate surface area is 101 Å². The minimum absolute atomic E-state index is 0.0699. The third-order valence-corrected chi connectivity index (χ3v) is 2.64. The molecule has 1 aromatic rings. The quantitative estimate of drug-likeness (QED) is 0.800. The molecule has 1 aliphatic rings. The normalized spacial score (nSPS) is 14.3. The Morgan fingerprint density at radius 1 is 1.35 bits per heavy atom. The summed E-state index contributed by atoms with van der Waals surface area (Å²) in [7, 11) is 5.03. The highest BCUT2D eigenvalue weighted by atomic mass is 16.5. The fourth-order valence-corrected chi connectivity index (χ4v) is 1.51. The predicted octanol–water partition coefficient (Wildman–Crippen LogP) is 1.94. The van der Waals surface area contributed by atoms with E-state index in [1.54, 1.807) is 33.3 Å². The molecule has 1 fully saturated rings. The molecule has 0 unspecified atom stereocenters. The third kappa shape index (κ3) is 2.70. The molecule has 92 valence electrons. The summed E-state index contributed by atoms with van der Waals surface area (Å²) >= 11 is 0. The van der Waals surface area contributed by atoms with Gasteiger partial charge >= 0.3 is 0 Å². The van der Waals surface area contributed by atoms with Gasteiger partial charge in [-0.05, 0) is 31.0 Å². The summed E-state index contributed by atoms with van der Waals surface area (Å²) in [6, 6.07) is 5.33. The van der Waals surface area contributed by atoms with Crippen LogP contribution in [0.3, 0.4) is 0 Å². The Morgan fingerprint density at radius 3 is 2.59 bits per heavy atom. The Balaban J connectivity index is 2.31. The van der Waals surface area contributed by atoms with Gasteiger partial charge in [-0.2, -0.15) is 0 Å². The highest BCUT2D eigenvalue weighted by Gasteiger charge is 2.26. The van der Waals surface area contributed by atoms with Crippen molar-refractivity contribution < 1.29 is 14.3 Å². The topological polar surface area (TPSA) is 38.8 Å². The molecule has 0 N–H and O–H groups in total. The van der Waals surface area contributed by atoms with E-state index in [0.717, 1.165) is 12.8 Å². The number of carbonyl (C=O) groups is 1. The van der Waals surface area contributed by atoms with Crippen molar-refractivity contribution in [1.82, 2.24) is 4.90 Å². The minimum atomic E-state index is -0.0699. The van der Waals surface area contributed by atoms with Crippen LogP contribution in [0.15, 0.2) is 18.2 Å². The van der Waals surface area contributed by atoms with E-state index in [1.807, 2.05) is 6.07 Å². The van der Waals surface area contributed by atoms with E-state index in [2.05, 4.69) is 0 Å². The number of hydrogen-bond acceptors (Lipinski definition) is 3. The molecule has 1 saturated carbocycles. The molecule has 1 aromatic carbocycles. The molecule has 0 aromatic heterocycles. The van der Waals surface area contributed by atoms with E-state index in [4.69, 9.17) is 9.47 Å². The summed E-state index contributed by atoms with van der Waals surface area (Å²) < 4.78 is 10.9. The Hall–Kier alpha value is -1.71.